The highest BCUT2D eigenvalue weighted by Gasteiger charge is 2.27. The van der Waals surface area contributed by atoms with Crippen LogP contribution in [0.4, 0.5) is 0 Å². The first kappa shape index (κ1) is 9.16. The quantitative estimate of drug-likeness (QED) is 0.788. The zero-order valence-corrected chi connectivity index (χ0v) is 8.81. The molecule has 1 aromatic heterocycles. The van der Waals surface area contributed by atoms with Crippen LogP contribution in [0, 0.1) is 0 Å². The van der Waals surface area contributed by atoms with Gasteiger partial charge in [0.05, 0.1) is 10.7 Å². The average molecular weight is 196 g/mol. The molecule has 0 spiro atoms. The lowest BCUT2D eigenvalue weighted by Gasteiger charge is -2.11. The summed E-state index contributed by atoms with van der Waals surface area (Å²) in [6.45, 7) is 2.15. The summed E-state index contributed by atoms with van der Waals surface area (Å²) in [6, 6.07) is 0.354. The van der Waals surface area contributed by atoms with E-state index in [-0.39, 0.29) is 0 Å². The minimum absolute atomic E-state index is 0.354. The summed E-state index contributed by atoms with van der Waals surface area (Å²) in [6.07, 6.45) is 4.72. The van der Waals surface area contributed by atoms with Crippen LogP contribution < -0.4 is 5.73 Å². The molecule has 2 rings (SSSR count). The van der Waals surface area contributed by atoms with Crippen molar-refractivity contribution in [2.75, 3.05) is 0 Å². The Bertz CT molecular complexity index is 282. The number of nitrogens with zero attached hydrogens (tertiary/aromatic N) is 1. The summed E-state index contributed by atoms with van der Waals surface area (Å²) >= 11 is 1.77. The van der Waals surface area contributed by atoms with E-state index in [1.165, 1.54) is 30.0 Å². The molecule has 2 N–H and O–H groups in total. The normalized spacial score (nSPS) is 28.2. The standard InChI is InChI=1S/C10H16N2S/c1-2-10-12-9(6-13-10)7-4-3-5-8(7)11/h6-8H,2-5,11H2,1H3. The first-order chi connectivity index (χ1) is 6.31. The van der Waals surface area contributed by atoms with Gasteiger partial charge in [0.15, 0.2) is 0 Å². The third-order valence-electron chi connectivity index (χ3n) is 2.82. The Labute approximate surface area is 83.2 Å². The fraction of sp³-hybridized carbons (Fsp3) is 0.700. The number of rotatable bonds is 2. The molecule has 1 aromatic rings. The van der Waals surface area contributed by atoms with Crippen molar-refractivity contribution >= 4 is 11.3 Å². The molecule has 1 aliphatic rings. The van der Waals surface area contributed by atoms with Crippen LogP contribution in [0.15, 0.2) is 5.38 Å². The molecule has 0 saturated heterocycles. The highest BCUT2D eigenvalue weighted by Crippen LogP contribution is 2.33. The molecule has 1 saturated carbocycles. The summed E-state index contributed by atoms with van der Waals surface area (Å²) in [4.78, 5) is 4.60. The molecule has 1 heterocycles. The summed E-state index contributed by atoms with van der Waals surface area (Å²) in [7, 11) is 0. The third kappa shape index (κ3) is 1.76. The Hall–Kier alpha value is -0.410. The third-order valence-corrected chi connectivity index (χ3v) is 3.83. The highest BCUT2D eigenvalue weighted by molar-refractivity contribution is 7.09. The van der Waals surface area contributed by atoms with Gasteiger partial charge in [-0.1, -0.05) is 13.3 Å². The van der Waals surface area contributed by atoms with Crippen LogP contribution in [0.5, 0.6) is 0 Å². The first-order valence-corrected chi connectivity index (χ1v) is 5.89. The topological polar surface area (TPSA) is 38.9 Å². The van der Waals surface area contributed by atoms with Crippen LogP contribution in [0.2, 0.25) is 0 Å². The maximum atomic E-state index is 6.03. The molecular formula is C10H16N2S. The second-order valence-electron chi connectivity index (χ2n) is 3.72. The summed E-state index contributed by atoms with van der Waals surface area (Å²) < 4.78 is 0. The fourth-order valence-electron chi connectivity index (χ4n) is 2.01. The molecule has 0 aliphatic heterocycles. The SMILES string of the molecule is CCc1nc(C2CCCC2N)cs1. The molecular weight excluding hydrogens is 180 g/mol. The van der Waals surface area contributed by atoms with Gasteiger partial charge in [-0.2, -0.15) is 0 Å². The van der Waals surface area contributed by atoms with Crippen LogP contribution in [-0.2, 0) is 6.42 Å². The van der Waals surface area contributed by atoms with E-state index in [1.807, 2.05) is 0 Å². The fourth-order valence-corrected chi connectivity index (χ4v) is 2.82. The van der Waals surface area contributed by atoms with E-state index in [0.717, 1.165) is 6.42 Å². The molecule has 0 aromatic carbocycles. The minimum atomic E-state index is 0.354. The van der Waals surface area contributed by atoms with Crippen LogP contribution in [0.3, 0.4) is 0 Å². The molecule has 2 nitrogen and oxygen atoms in total. The number of hydrogen-bond acceptors (Lipinski definition) is 3. The smallest absolute Gasteiger partial charge is 0.0925 e. The Balaban J connectivity index is 2.15. The van der Waals surface area contributed by atoms with E-state index in [9.17, 15) is 0 Å². The summed E-state index contributed by atoms with van der Waals surface area (Å²) in [5.41, 5.74) is 7.27. The minimum Gasteiger partial charge on any atom is -0.327 e. The Kier molecular flexibility index (Phi) is 2.65. The molecule has 0 bridgehead atoms. The monoisotopic (exact) mass is 196 g/mol. The molecule has 72 valence electrons. The second-order valence-corrected chi connectivity index (χ2v) is 4.66. The van der Waals surface area contributed by atoms with E-state index in [1.54, 1.807) is 11.3 Å². The van der Waals surface area contributed by atoms with E-state index >= 15 is 0 Å². The molecule has 0 amide bonds. The molecule has 13 heavy (non-hydrogen) atoms. The van der Waals surface area contributed by atoms with Crippen molar-refractivity contribution in [3.8, 4) is 0 Å². The number of thiazole rings is 1. The van der Waals surface area contributed by atoms with Gasteiger partial charge in [0, 0.05) is 17.3 Å². The van der Waals surface area contributed by atoms with Crippen molar-refractivity contribution in [2.24, 2.45) is 5.73 Å². The largest absolute Gasteiger partial charge is 0.327 e. The summed E-state index contributed by atoms with van der Waals surface area (Å²) in [5.74, 6) is 0.538. The van der Waals surface area contributed by atoms with Crippen molar-refractivity contribution in [1.29, 1.82) is 0 Å². The van der Waals surface area contributed by atoms with Gasteiger partial charge in [0.2, 0.25) is 0 Å². The molecule has 3 heteroatoms. The van der Waals surface area contributed by atoms with E-state index < -0.39 is 0 Å². The van der Waals surface area contributed by atoms with E-state index in [4.69, 9.17) is 5.73 Å². The zero-order chi connectivity index (χ0) is 9.26. The van der Waals surface area contributed by atoms with Gasteiger partial charge < -0.3 is 5.73 Å². The highest BCUT2D eigenvalue weighted by atomic mass is 32.1. The van der Waals surface area contributed by atoms with Crippen molar-refractivity contribution in [3.05, 3.63) is 16.1 Å². The average Bonchev–Trinajstić information content (AvgIpc) is 2.71. The number of aromatic nitrogens is 1. The maximum absolute atomic E-state index is 6.03. The Morgan fingerprint density at radius 2 is 2.46 bits per heavy atom. The van der Waals surface area contributed by atoms with Gasteiger partial charge >= 0.3 is 0 Å². The lowest BCUT2D eigenvalue weighted by atomic mass is 10.0. The molecule has 1 fully saturated rings. The lowest BCUT2D eigenvalue weighted by Crippen LogP contribution is -2.22. The van der Waals surface area contributed by atoms with Crippen LogP contribution in [-0.4, -0.2) is 11.0 Å². The zero-order valence-electron chi connectivity index (χ0n) is 7.99. The molecule has 2 unspecified atom stereocenters. The van der Waals surface area contributed by atoms with Crippen molar-refractivity contribution in [2.45, 2.75) is 44.6 Å². The number of hydrogen-bond donors (Lipinski definition) is 1. The molecule has 2 atom stereocenters. The first-order valence-electron chi connectivity index (χ1n) is 5.01. The van der Waals surface area contributed by atoms with Gasteiger partial charge in [-0.25, -0.2) is 4.98 Å². The van der Waals surface area contributed by atoms with Crippen LogP contribution in [0.25, 0.3) is 0 Å². The number of nitrogens with two attached hydrogens (primary N) is 1. The summed E-state index contributed by atoms with van der Waals surface area (Å²) in [5, 5.41) is 3.43. The maximum Gasteiger partial charge on any atom is 0.0925 e. The van der Waals surface area contributed by atoms with Gasteiger partial charge in [-0.15, -0.1) is 11.3 Å². The van der Waals surface area contributed by atoms with E-state index in [2.05, 4.69) is 17.3 Å². The van der Waals surface area contributed by atoms with Gasteiger partial charge in [-0.05, 0) is 19.3 Å². The van der Waals surface area contributed by atoms with Crippen molar-refractivity contribution < 1.29 is 0 Å². The molecule has 1 aliphatic carbocycles. The van der Waals surface area contributed by atoms with Crippen LogP contribution >= 0.6 is 11.3 Å². The van der Waals surface area contributed by atoms with Crippen molar-refractivity contribution in [3.63, 3.8) is 0 Å². The van der Waals surface area contributed by atoms with Gasteiger partial charge in [0.25, 0.3) is 0 Å². The molecule has 0 radical (unpaired) electrons. The Morgan fingerprint density at radius 3 is 3.00 bits per heavy atom. The lowest BCUT2D eigenvalue weighted by molar-refractivity contribution is 0.600. The van der Waals surface area contributed by atoms with Crippen molar-refractivity contribution in [1.82, 2.24) is 4.98 Å². The Morgan fingerprint density at radius 1 is 1.62 bits per heavy atom. The predicted molar refractivity (Wildman–Crippen MR) is 56.1 cm³/mol. The van der Waals surface area contributed by atoms with E-state index in [0.29, 0.717) is 12.0 Å². The van der Waals surface area contributed by atoms with Gasteiger partial charge in [0.1, 0.15) is 0 Å². The predicted octanol–water partition coefficient (Wildman–Crippen LogP) is 2.30. The number of aryl methyl sites for hydroxylation is 1. The second kappa shape index (κ2) is 3.76. The van der Waals surface area contributed by atoms with Gasteiger partial charge in [-0.3, -0.25) is 0 Å². The van der Waals surface area contributed by atoms with Crippen LogP contribution in [0.1, 0.15) is 42.8 Å².